The fraction of sp³-hybridized carbons (Fsp3) is 0.300. The van der Waals surface area contributed by atoms with Crippen LogP contribution in [0.3, 0.4) is 0 Å². The van der Waals surface area contributed by atoms with E-state index in [2.05, 4.69) is 5.32 Å². The number of carbonyl (C=O) groups is 1. The molecule has 0 heterocycles. The van der Waals surface area contributed by atoms with Crippen LogP contribution in [0.4, 0.5) is 24.5 Å². The predicted octanol–water partition coefficient (Wildman–Crippen LogP) is 1.47. The van der Waals surface area contributed by atoms with Crippen molar-refractivity contribution < 1.29 is 33.1 Å². The zero-order valence-corrected chi connectivity index (χ0v) is 9.72. The maximum absolute atomic E-state index is 12.4. The second-order valence-electron chi connectivity index (χ2n) is 3.70. The number of hydrogen-bond acceptors (Lipinski definition) is 5. The molecular formula is C10H9F3N2O5. The zero-order chi connectivity index (χ0) is 15.5. The first-order chi connectivity index (χ1) is 9.16. The van der Waals surface area contributed by atoms with E-state index in [9.17, 15) is 28.1 Å². The Hall–Kier alpha value is -2.36. The molecule has 1 aromatic rings. The fourth-order valence-electron chi connectivity index (χ4n) is 1.35. The highest BCUT2D eigenvalue weighted by Crippen LogP contribution is 2.35. The molecule has 110 valence electrons. The lowest BCUT2D eigenvalue weighted by atomic mass is 10.1. The number of nitrogens with zero attached hydrogens (tertiary/aromatic N) is 1. The SMILES string of the molecule is O=C(O)C(CO)Nc1ccc(C(F)(F)F)cc1[N+](=O)[O-]. The molecule has 0 bridgehead atoms. The van der Waals surface area contributed by atoms with Crippen LogP contribution in [-0.2, 0) is 11.0 Å². The molecule has 1 rings (SSSR count). The second kappa shape index (κ2) is 5.74. The number of anilines is 1. The molecule has 10 heteroatoms. The smallest absolute Gasteiger partial charge is 0.416 e. The summed E-state index contributed by atoms with van der Waals surface area (Å²) < 4.78 is 37.3. The number of nitro groups is 1. The number of halogens is 3. The predicted molar refractivity (Wildman–Crippen MR) is 60.2 cm³/mol. The van der Waals surface area contributed by atoms with Crippen molar-refractivity contribution in [1.29, 1.82) is 0 Å². The van der Waals surface area contributed by atoms with Gasteiger partial charge in [-0.05, 0) is 12.1 Å². The molecule has 3 N–H and O–H groups in total. The number of carboxylic acids is 1. The molecule has 1 atom stereocenters. The average Bonchev–Trinajstić information content (AvgIpc) is 2.34. The van der Waals surface area contributed by atoms with Gasteiger partial charge in [0.15, 0.2) is 0 Å². The van der Waals surface area contributed by atoms with Crippen LogP contribution >= 0.6 is 0 Å². The van der Waals surface area contributed by atoms with Crippen molar-refractivity contribution in [3.63, 3.8) is 0 Å². The molecule has 0 amide bonds. The minimum atomic E-state index is -4.76. The summed E-state index contributed by atoms with van der Waals surface area (Å²) in [7, 11) is 0. The number of nitro benzene ring substituents is 1. The number of carboxylic acid groups (broad SMARTS) is 1. The van der Waals surface area contributed by atoms with Gasteiger partial charge in [0.1, 0.15) is 11.7 Å². The number of benzene rings is 1. The molecule has 1 unspecified atom stereocenters. The van der Waals surface area contributed by atoms with E-state index in [1.54, 1.807) is 0 Å². The van der Waals surface area contributed by atoms with Crippen LogP contribution in [0.25, 0.3) is 0 Å². The van der Waals surface area contributed by atoms with Gasteiger partial charge < -0.3 is 15.5 Å². The van der Waals surface area contributed by atoms with Crippen molar-refractivity contribution in [3.8, 4) is 0 Å². The number of aliphatic hydroxyl groups excluding tert-OH is 1. The molecule has 0 aliphatic rings. The summed E-state index contributed by atoms with van der Waals surface area (Å²) in [5, 5.41) is 30.3. The average molecular weight is 294 g/mol. The highest BCUT2D eigenvalue weighted by molar-refractivity contribution is 5.79. The van der Waals surface area contributed by atoms with E-state index in [1.165, 1.54) is 0 Å². The van der Waals surface area contributed by atoms with Gasteiger partial charge in [-0.1, -0.05) is 0 Å². The number of aliphatic hydroxyl groups is 1. The lowest BCUT2D eigenvalue weighted by Gasteiger charge is -2.14. The van der Waals surface area contributed by atoms with Crippen molar-refractivity contribution in [3.05, 3.63) is 33.9 Å². The van der Waals surface area contributed by atoms with E-state index >= 15 is 0 Å². The molecule has 0 spiro atoms. The highest BCUT2D eigenvalue weighted by atomic mass is 19.4. The molecule has 0 aliphatic carbocycles. The molecule has 0 aromatic heterocycles. The lowest BCUT2D eigenvalue weighted by molar-refractivity contribution is -0.384. The van der Waals surface area contributed by atoms with Gasteiger partial charge in [0.25, 0.3) is 5.69 Å². The van der Waals surface area contributed by atoms with Crippen molar-refractivity contribution >= 4 is 17.3 Å². The summed E-state index contributed by atoms with van der Waals surface area (Å²) in [4.78, 5) is 20.3. The Labute approximate surface area is 109 Å². The van der Waals surface area contributed by atoms with Gasteiger partial charge in [-0.2, -0.15) is 13.2 Å². The van der Waals surface area contributed by atoms with Gasteiger partial charge in [-0.25, -0.2) is 4.79 Å². The number of hydrogen-bond donors (Lipinski definition) is 3. The monoisotopic (exact) mass is 294 g/mol. The van der Waals surface area contributed by atoms with Crippen molar-refractivity contribution in [2.24, 2.45) is 0 Å². The van der Waals surface area contributed by atoms with Crippen molar-refractivity contribution in [2.75, 3.05) is 11.9 Å². The fourth-order valence-corrected chi connectivity index (χ4v) is 1.35. The van der Waals surface area contributed by atoms with E-state index in [4.69, 9.17) is 10.2 Å². The highest BCUT2D eigenvalue weighted by Gasteiger charge is 2.33. The van der Waals surface area contributed by atoms with Gasteiger partial charge >= 0.3 is 12.1 Å². The number of aliphatic carboxylic acids is 1. The van der Waals surface area contributed by atoms with Gasteiger partial charge in [0.2, 0.25) is 0 Å². The standard InChI is InChI=1S/C10H9F3N2O5/c11-10(12,13)5-1-2-6(8(3-5)15(19)20)14-7(4-16)9(17)18/h1-3,7,14,16H,4H2,(H,17,18). The third kappa shape index (κ3) is 3.57. The van der Waals surface area contributed by atoms with E-state index in [1.807, 2.05) is 0 Å². The summed E-state index contributed by atoms with van der Waals surface area (Å²) in [6.45, 7) is -0.881. The third-order valence-corrected chi connectivity index (χ3v) is 2.33. The Bertz CT molecular complexity index is 532. The van der Waals surface area contributed by atoms with Crippen LogP contribution in [0.15, 0.2) is 18.2 Å². The number of alkyl halides is 3. The third-order valence-electron chi connectivity index (χ3n) is 2.33. The topological polar surface area (TPSA) is 113 Å². The van der Waals surface area contributed by atoms with Crippen molar-refractivity contribution in [1.82, 2.24) is 0 Å². The Balaban J connectivity index is 3.21. The minimum absolute atomic E-state index is 0.290. The van der Waals surface area contributed by atoms with Crippen LogP contribution in [0.5, 0.6) is 0 Å². The first-order valence-electron chi connectivity index (χ1n) is 5.12. The molecule has 0 saturated carbocycles. The van der Waals surface area contributed by atoms with E-state index in [0.717, 1.165) is 6.07 Å². The van der Waals surface area contributed by atoms with Crippen molar-refractivity contribution in [2.45, 2.75) is 12.2 Å². The van der Waals surface area contributed by atoms with Gasteiger partial charge in [-0.15, -0.1) is 0 Å². The summed E-state index contributed by atoms with van der Waals surface area (Å²) in [6, 6.07) is 0.0435. The molecular weight excluding hydrogens is 285 g/mol. The Morgan fingerprint density at radius 2 is 2.05 bits per heavy atom. The van der Waals surface area contributed by atoms with E-state index in [0.29, 0.717) is 12.1 Å². The first kappa shape index (κ1) is 15.7. The molecule has 0 saturated heterocycles. The largest absolute Gasteiger partial charge is 0.480 e. The summed E-state index contributed by atoms with van der Waals surface area (Å²) in [5.74, 6) is -1.50. The Morgan fingerprint density at radius 1 is 1.45 bits per heavy atom. The van der Waals surface area contributed by atoms with Crippen LogP contribution in [0.1, 0.15) is 5.56 Å². The lowest BCUT2D eigenvalue weighted by Crippen LogP contribution is -2.33. The van der Waals surface area contributed by atoms with Crippen LogP contribution in [0, 0.1) is 10.1 Å². The van der Waals surface area contributed by atoms with E-state index < -0.39 is 46.7 Å². The number of nitrogens with one attached hydrogen (secondary N) is 1. The van der Waals surface area contributed by atoms with E-state index in [-0.39, 0.29) is 0 Å². The molecule has 0 fully saturated rings. The summed E-state index contributed by atoms with van der Waals surface area (Å²) in [5.41, 5.74) is -2.59. The summed E-state index contributed by atoms with van der Waals surface area (Å²) in [6.07, 6.45) is -4.76. The molecule has 0 aliphatic heterocycles. The van der Waals surface area contributed by atoms with Crippen LogP contribution in [-0.4, -0.2) is 33.8 Å². The second-order valence-corrected chi connectivity index (χ2v) is 3.70. The van der Waals surface area contributed by atoms with Gasteiger partial charge in [-0.3, -0.25) is 10.1 Å². The zero-order valence-electron chi connectivity index (χ0n) is 9.72. The minimum Gasteiger partial charge on any atom is -0.480 e. The summed E-state index contributed by atoms with van der Waals surface area (Å²) >= 11 is 0. The molecule has 1 aromatic carbocycles. The van der Waals surface area contributed by atoms with Crippen LogP contribution < -0.4 is 5.32 Å². The maximum Gasteiger partial charge on any atom is 0.416 e. The van der Waals surface area contributed by atoms with Gasteiger partial charge in [0, 0.05) is 6.07 Å². The Kier molecular flexibility index (Phi) is 4.50. The number of rotatable bonds is 5. The maximum atomic E-state index is 12.4. The molecule has 20 heavy (non-hydrogen) atoms. The van der Waals surface area contributed by atoms with Crippen LogP contribution in [0.2, 0.25) is 0 Å². The molecule has 0 radical (unpaired) electrons. The molecule has 7 nitrogen and oxygen atoms in total. The Morgan fingerprint density at radius 3 is 2.45 bits per heavy atom. The quantitative estimate of drug-likeness (QED) is 0.560. The normalized spacial score (nSPS) is 12.8. The van der Waals surface area contributed by atoms with Gasteiger partial charge in [0.05, 0.1) is 17.1 Å². The first-order valence-corrected chi connectivity index (χ1v) is 5.12.